The van der Waals surface area contributed by atoms with E-state index >= 15 is 0 Å². The van der Waals surface area contributed by atoms with Crippen LogP contribution in [-0.2, 0) is 11.3 Å². The largest absolute Gasteiger partial charge is 0.469 e. The van der Waals surface area contributed by atoms with E-state index in [2.05, 4.69) is 0 Å². The van der Waals surface area contributed by atoms with Gasteiger partial charge in [0.2, 0.25) is 0 Å². The van der Waals surface area contributed by atoms with E-state index in [0.717, 1.165) is 17.9 Å². The number of rotatable bonds is 4. The van der Waals surface area contributed by atoms with E-state index in [0.29, 0.717) is 6.54 Å². The van der Waals surface area contributed by atoms with Crippen LogP contribution in [-0.4, -0.2) is 24.3 Å². The Morgan fingerprint density at radius 2 is 2.06 bits per heavy atom. The van der Waals surface area contributed by atoms with E-state index in [4.69, 9.17) is 4.42 Å². The SMILES string of the molecule is Cc1occc1CN(C)CC(=O)C(C)(C)C. The topological polar surface area (TPSA) is 33.5 Å². The fraction of sp³-hybridized carbons (Fsp3) is 0.615. The Bertz CT molecular complexity index is 360. The van der Waals surface area contributed by atoms with Crippen LogP contribution in [0, 0.1) is 12.3 Å². The Kier molecular flexibility index (Phi) is 3.92. The van der Waals surface area contributed by atoms with Gasteiger partial charge in [0.05, 0.1) is 12.8 Å². The molecule has 0 atom stereocenters. The quantitative estimate of drug-likeness (QED) is 0.786. The summed E-state index contributed by atoms with van der Waals surface area (Å²) in [5, 5.41) is 0. The van der Waals surface area contributed by atoms with Crippen LogP contribution < -0.4 is 0 Å². The van der Waals surface area contributed by atoms with Crippen molar-refractivity contribution in [3.63, 3.8) is 0 Å². The molecule has 16 heavy (non-hydrogen) atoms. The van der Waals surface area contributed by atoms with Gasteiger partial charge < -0.3 is 4.42 Å². The van der Waals surface area contributed by atoms with Gasteiger partial charge in [-0.25, -0.2) is 0 Å². The molecule has 1 rings (SSSR count). The second-order valence-corrected chi connectivity index (χ2v) is 5.35. The zero-order chi connectivity index (χ0) is 12.3. The fourth-order valence-corrected chi connectivity index (χ4v) is 1.40. The van der Waals surface area contributed by atoms with Crippen molar-refractivity contribution in [3.8, 4) is 0 Å². The van der Waals surface area contributed by atoms with Gasteiger partial charge in [0, 0.05) is 17.5 Å². The number of likely N-dealkylation sites (N-methyl/N-ethyl adjacent to an activating group) is 1. The molecule has 0 bridgehead atoms. The molecule has 0 saturated carbocycles. The highest BCUT2D eigenvalue weighted by molar-refractivity contribution is 5.85. The van der Waals surface area contributed by atoms with Gasteiger partial charge in [0.1, 0.15) is 5.76 Å². The molecule has 1 aromatic rings. The Morgan fingerprint density at radius 1 is 1.44 bits per heavy atom. The summed E-state index contributed by atoms with van der Waals surface area (Å²) >= 11 is 0. The van der Waals surface area contributed by atoms with Gasteiger partial charge in [-0.05, 0) is 20.0 Å². The molecule has 0 aromatic carbocycles. The van der Waals surface area contributed by atoms with Gasteiger partial charge in [-0.2, -0.15) is 0 Å². The molecular formula is C13H21NO2. The van der Waals surface area contributed by atoms with E-state index < -0.39 is 0 Å². The maximum atomic E-state index is 11.8. The molecule has 0 unspecified atom stereocenters. The standard InChI is InChI=1S/C13H21NO2/c1-10-11(6-7-16-10)8-14(5)9-12(15)13(2,3)4/h6-7H,8-9H2,1-5H3. The van der Waals surface area contributed by atoms with Crippen molar-refractivity contribution in [2.45, 2.75) is 34.2 Å². The van der Waals surface area contributed by atoms with Crippen LogP contribution in [0.25, 0.3) is 0 Å². The lowest BCUT2D eigenvalue weighted by atomic mass is 9.90. The third-order valence-electron chi connectivity index (χ3n) is 2.66. The molecule has 3 heteroatoms. The Morgan fingerprint density at radius 3 is 2.50 bits per heavy atom. The minimum absolute atomic E-state index is 0.260. The summed E-state index contributed by atoms with van der Waals surface area (Å²) in [6.45, 7) is 9.03. The summed E-state index contributed by atoms with van der Waals surface area (Å²) in [7, 11) is 1.95. The average molecular weight is 223 g/mol. The predicted molar refractivity (Wildman–Crippen MR) is 64.2 cm³/mol. The molecule has 0 aliphatic heterocycles. The number of carbonyl (C=O) groups excluding carboxylic acids is 1. The fourth-order valence-electron chi connectivity index (χ4n) is 1.40. The van der Waals surface area contributed by atoms with Gasteiger partial charge in [-0.15, -0.1) is 0 Å². The van der Waals surface area contributed by atoms with Crippen LogP contribution >= 0.6 is 0 Å². The van der Waals surface area contributed by atoms with Gasteiger partial charge >= 0.3 is 0 Å². The molecule has 0 N–H and O–H groups in total. The van der Waals surface area contributed by atoms with Crippen LogP contribution in [0.3, 0.4) is 0 Å². The predicted octanol–water partition coefficient (Wildman–Crippen LogP) is 2.64. The van der Waals surface area contributed by atoms with E-state index in [1.165, 1.54) is 0 Å². The molecule has 3 nitrogen and oxygen atoms in total. The van der Waals surface area contributed by atoms with E-state index in [-0.39, 0.29) is 11.2 Å². The smallest absolute Gasteiger partial charge is 0.152 e. The third-order valence-corrected chi connectivity index (χ3v) is 2.66. The van der Waals surface area contributed by atoms with Crippen molar-refractivity contribution >= 4 is 5.78 Å². The van der Waals surface area contributed by atoms with E-state index in [9.17, 15) is 4.79 Å². The van der Waals surface area contributed by atoms with Crippen LogP contribution in [0.5, 0.6) is 0 Å². The summed E-state index contributed by atoms with van der Waals surface area (Å²) in [5.41, 5.74) is 0.879. The number of Topliss-reactive ketones (excluding diaryl/α,β-unsaturated/α-hetero) is 1. The monoisotopic (exact) mass is 223 g/mol. The number of hydrogen-bond donors (Lipinski definition) is 0. The maximum Gasteiger partial charge on any atom is 0.152 e. The lowest BCUT2D eigenvalue weighted by Gasteiger charge is -2.22. The summed E-state index contributed by atoms with van der Waals surface area (Å²) < 4.78 is 5.23. The maximum absolute atomic E-state index is 11.8. The van der Waals surface area contributed by atoms with Crippen molar-refractivity contribution in [2.75, 3.05) is 13.6 Å². The summed E-state index contributed by atoms with van der Waals surface area (Å²) in [6, 6.07) is 1.95. The van der Waals surface area contributed by atoms with E-state index in [1.54, 1.807) is 6.26 Å². The first kappa shape index (κ1) is 13.0. The molecule has 0 fully saturated rings. The zero-order valence-corrected chi connectivity index (χ0v) is 10.8. The highest BCUT2D eigenvalue weighted by atomic mass is 16.3. The average Bonchev–Trinajstić information content (AvgIpc) is 2.50. The first-order valence-corrected chi connectivity index (χ1v) is 5.55. The van der Waals surface area contributed by atoms with E-state index in [1.807, 2.05) is 45.7 Å². The molecular weight excluding hydrogens is 202 g/mol. The Labute approximate surface area is 97.4 Å². The Hall–Kier alpha value is -1.09. The van der Waals surface area contributed by atoms with Crippen LogP contribution in [0.2, 0.25) is 0 Å². The van der Waals surface area contributed by atoms with Crippen molar-refractivity contribution in [2.24, 2.45) is 5.41 Å². The van der Waals surface area contributed by atoms with Crippen LogP contribution in [0.1, 0.15) is 32.1 Å². The van der Waals surface area contributed by atoms with Crippen molar-refractivity contribution < 1.29 is 9.21 Å². The molecule has 1 heterocycles. The molecule has 0 aliphatic carbocycles. The van der Waals surface area contributed by atoms with Gasteiger partial charge in [0.15, 0.2) is 5.78 Å². The lowest BCUT2D eigenvalue weighted by molar-refractivity contribution is -0.127. The van der Waals surface area contributed by atoms with Crippen molar-refractivity contribution in [3.05, 3.63) is 23.7 Å². The van der Waals surface area contributed by atoms with Crippen molar-refractivity contribution in [1.29, 1.82) is 0 Å². The highest BCUT2D eigenvalue weighted by Gasteiger charge is 2.22. The Balaban J connectivity index is 2.52. The first-order chi connectivity index (χ1) is 7.30. The minimum atomic E-state index is -0.264. The number of aryl methyl sites for hydroxylation is 1. The molecule has 0 amide bonds. The number of ketones is 1. The second-order valence-electron chi connectivity index (χ2n) is 5.35. The second kappa shape index (κ2) is 4.83. The number of nitrogens with zero attached hydrogens (tertiary/aromatic N) is 1. The van der Waals surface area contributed by atoms with Crippen LogP contribution in [0.15, 0.2) is 16.7 Å². The number of carbonyl (C=O) groups is 1. The molecule has 90 valence electrons. The summed E-state index contributed by atoms with van der Waals surface area (Å²) in [6.07, 6.45) is 1.68. The molecule has 0 radical (unpaired) electrons. The molecule has 1 aromatic heterocycles. The highest BCUT2D eigenvalue weighted by Crippen LogP contribution is 2.16. The van der Waals surface area contributed by atoms with Gasteiger partial charge in [-0.1, -0.05) is 20.8 Å². The zero-order valence-electron chi connectivity index (χ0n) is 10.8. The first-order valence-electron chi connectivity index (χ1n) is 5.55. The third kappa shape index (κ3) is 3.49. The van der Waals surface area contributed by atoms with Gasteiger partial charge in [0.25, 0.3) is 0 Å². The summed E-state index contributed by atoms with van der Waals surface area (Å²) in [4.78, 5) is 13.8. The van der Waals surface area contributed by atoms with Gasteiger partial charge in [-0.3, -0.25) is 9.69 Å². The molecule has 0 saturated heterocycles. The molecule has 0 spiro atoms. The number of furan rings is 1. The number of hydrogen-bond acceptors (Lipinski definition) is 3. The minimum Gasteiger partial charge on any atom is -0.469 e. The summed E-state index contributed by atoms with van der Waals surface area (Å²) in [5.74, 6) is 1.19. The molecule has 0 aliphatic rings. The van der Waals surface area contributed by atoms with Crippen LogP contribution in [0.4, 0.5) is 0 Å². The lowest BCUT2D eigenvalue weighted by Crippen LogP contribution is -2.33. The normalized spacial score (nSPS) is 12.1. The van der Waals surface area contributed by atoms with Crippen molar-refractivity contribution in [1.82, 2.24) is 4.90 Å².